The molecule has 2 nitrogen and oxygen atoms in total. The van der Waals surface area contributed by atoms with Crippen molar-refractivity contribution in [2.24, 2.45) is 5.73 Å². The first-order chi connectivity index (χ1) is 7.88. The highest BCUT2D eigenvalue weighted by Crippen LogP contribution is 2.06. The van der Waals surface area contributed by atoms with E-state index >= 15 is 0 Å². The van der Waals surface area contributed by atoms with Crippen LogP contribution in [0.5, 0.6) is 0 Å². The second-order valence-electron chi connectivity index (χ2n) is 3.50. The molecule has 1 heterocycles. The zero-order chi connectivity index (χ0) is 11.2. The van der Waals surface area contributed by atoms with Gasteiger partial charge in [-0.05, 0) is 23.8 Å². The van der Waals surface area contributed by atoms with E-state index in [1.54, 1.807) is 0 Å². The average Bonchev–Trinajstić information content (AvgIpc) is 2.38. The molecule has 0 saturated carbocycles. The van der Waals surface area contributed by atoms with Crippen molar-refractivity contribution in [1.29, 1.82) is 0 Å². The molecule has 16 heavy (non-hydrogen) atoms. The van der Waals surface area contributed by atoms with Gasteiger partial charge in [0.1, 0.15) is 0 Å². The number of hydrogen-bond acceptors (Lipinski definition) is 2. The van der Waals surface area contributed by atoms with Crippen LogP contribution < -0.4 is 5.73 Å². The Morgan fingerprint density at radius 2 is 1.75 bits per heavy atom. The molecule has 0 radical (unpaired) electrons. The molecule has 2 N–H and O–H groups in total. The summed E-state index contributed by atoms with van der Waals surface area (Å²) in [6.45, 7) is 0.479. The van der Waals surface area contributed by atoms with Crippen molar-refractivity contribution in [1.82, 2.24) is 4.98 Å². The Kier molecular flexibility index (Phi) is 3.46. The highest BCUT2D eigenvalue weighted by atomic mass is 14.7. The van der Waals surface area contributed by atoms with Gasteiger partial charge in [-0.15, -0.1) is 0 Å². The first-order valence-electron chi connectivity index (χ1n) is 5.27. The predicted octanol–water partition coefficient (Wildman–Crippen LogP) is 2.71. The molecule has 0 unspecified atom stereocenters. The van der Waals surface area contributed by atoms with Gasteiger partial charge in [0.25, 0.3) is 0 Å². The summed E-state index contributed by atoms with van der Waals surface area (Å²) in [6.07, 6.45) is 4.04. The fraction of sp³-hybridized carbons (Fsp3) is 0.0714. The van der Waals surface area contributed by atoms with Gasteiger partial charge >= 0.3 is 0 Å². The van der Waals surface area contributed by atoms with Crippen LogP contribution in [0.25, 0.3) is 12.2 Å². The first kappa shape index (κ1) is 10.6. The fourth-order valence-corrected chi connectivity index (χ4v) is 1.45. The van der Waals surface area contributed by atoms with Crippen LogP contribution in [-0.4, -0.2) is 4.98 Å². The molecule has 2 aromatic rings. The highest BCUT2D eigenvalue weighted by molar-refractivity contribution is 5.67. The maximum Gasteiger partial charge on any atom is 0.0633 e. The van der Waals surface area contributed by atoms with E-state index in [0.29, 0.717) is 6.54 Å². The molecule has 1 aromatic carbocycles. The maximum absolute atomic E-state index is 5.54. The van der Waals surface area contributed by atoms with E-state index < -0.39 is 0 Å². The van der Waals surface area contributed by atoms with Crippen molar-refractivity contribution in [3.63, 3.8) is 0 Å². The van der Waals surface area contributed by atoms with Gasteiger partial charge in [0.2, 0.25) is 0 Å². The van der Waals surface area contributed by atoms with E-state index in [0.717, 1.165) is 11.4 Å². The van der Waals surface area contributed by atoms with E-state index in [1.807, 2.05) is 48.6 Å². The number of nitrogens with zero attached hydrogens (tertiary/aromatic N) is 1. The molecule has 1 aromatic heterocycles. The monoisotopic (exact) mass is 210 g/mol. The van der Waals surface area contributed by atoms with Crippen LogP contribution in [0, 0.1) is 0 Å². The smallest absolute Gasteiger partial charge is 0.0633 e. The van der Waals surface area contributed by atoms with E-state index in [2.05, 4.69) is 17.1 Å². The number of hydrogen-bond donors (Lipinski definition) is 1. The second-order valence-corrected chi connectivity index (χ2v) is 3.50. The third-order valence-electron chi connectivity index (χ3n) is 2.28. The molecule has 0 fully saturated rings. The molecular weight excluding hydrogens is 196 g/mol. The third kappa shape index (κ3) is 2.78. The molecule has 0 amide bonds. The molecule has 2 heteroatoms. The van der Waals surface area contributed by atoms with Crippen molar-refractivity contribution in [2.45, 2.75) is 6.54 Å². The van der Waals surface area contributed by atoms with Crippen LogP contribution in [0.2, 0.25) is 0 Å². The van der Waals surface area contributed by atoms with Crippen LogP contribution in [-0.2, 0) is 6.54 Å². The molecule has 0 aliphatic carbocycles. The zero-order valence-electron chi connectivity index (χ0n) is 9.01. The quantitative estimate of drug-likeness (QED) is 0.846. The summed E-state index contributed by atoms with van der Waals surface area (Å²) in [4.78, 5) is 4.39. The lowest BCUT2D eigenvalue weighted by molar-refractivity contribution is 0.985. The molecule has 0 spiro atoms. The van der Waals surface area contributed by atoms with Crippen molar-refractivity contribution in [3.8, 4) is 0 Å². The lowest BCUT2D eigenvalue weighted by Gasteiger charge is -1.97. The van der Waals surface area contributed by atoms with Crippen molar-refractivity contribution in [3.05, 3.63) is 65.5 Å². The minimum atomic E-state index is 0.479. The largest absolute Gasteiger partial charge is 0.325 e. The fourth-order valence-electron chi connectivity index (χ4n) is 1.45. The lowest BCUT2D eigenvalue weighted by Crippen LogP contribution is -1.99. The predicted molar refractivity (Wildman–Crippen MR) is 67.5 cm³/mol. The minimum absolute atomic E-state index is 0.479. The van der Waals surface area contributed by atoms with E-state index in [4.69, 9.17) is 5.73 Å². The van der Waals surface area contributed by atoms with Crippen LogP contribution in [0.1, 0.15) is 17.0 Å². The SMILES string of the molecule is NCc1cccc(/C=C/c2ccccc2)n1. The molecule has 0 aliphatic heterocycles. The summed E-state index contributed by atoms with van der Waals surface area (Å²) in [6, 6.07) is 16.0. The average molecular weight is 210 g/mol. The summed E-state index contributed by atoms with van der Waals surface area (Å²) < 4.78 is 0. The Labute approximate surface area is 95.5 Å². The Bertz CT molecular complexity index is 475. The summed E-state index contributed by atoms with van der Waals surface area (Å²) in [5.74, 6) is 0. The van der Waals surface area contributed by atoms with Crippen molar-refractivity contribution < 1.29 is 0 Å². The Morgan fingerprint density at radius 1 is 0.938 bits per heavy atom. The van der Waals surface area contributed by atoms with E-state index in [1.165, 1.54) is 5.56 Å². The van der Waals surface area contributed by atoms with Crippen LogP contribution >= 0.6 is 0 Å². The first-order valence-corrected chi connectivity index (χ1v) is 5.27. The van der Waals surface area contributed by atoms with E-state index in [9.17, 15) is 0 Å². The molecule has 0 aliphatic rings. The van der Waals surface area contributed by atoms with Crippen LogP contribution in [0.15, 0.2) is 48.5 Å². The number of aromatic nitrogens is 1. The molecule has 80 valence electrons. The van der Waals surface area contributed by atoms with Crippen LogP contribution in [0.4, 0.5) is 0 Å². The summed E-state index contributed by atoms with van der Waals surface area (Å²) in [5.41, 5.74) is 8.56. The van der Waals surface area contributed by atoms with Gasteiger partial charge in [0.15, 0.2) is 0 Å². The Balaban J connectivity index is 2.17. The summed E-state index contributed by atoms with van der Waals surface area (Å²) in [5, 5.41) is 0. The van der Waals surface area contributed by atoms with E-state index in [-0.39, 0.29) is 0 Å². The highest BCUT2D eigenvalue weighted by Gasteiger charge is 1.92. The molecule has 2 rings (SSSR count). The van der Waals surface area contributed by atoms with Gasteiger partial charge < -0.3 is 5.73 Å². The second kappa shape index (κ2) is 5.24. The van der Waals surface area contributed by atoms with Gasteiger partial charge in [-0.1, -0.05) is 42.5 Å². The lowest BCUT2D eigenvalue weighted by atomic mass is 10.2. The van der Waals surface area contributed by atoms with Crippen molar-refractivity contribution in [2.75, 3.05) is 0 Å². The topological polar surface area (TPSA) is 38.9 Å². The number of rotatable bonds is 3. The maximum atomic E-state index is 5.54. The van der Waals surface area contributed by atoms with Crippen molar-refractivity contribution >= 4 is 12.2 Å². The van der Waals surface area contributed by atoms with Gasteiger partial charge in [0, 0.05) is 6.54 Å². The van der Waals surface area contributed by atoms with Gasteiger partial charge in [-0.2, -0.15) is 0 Å². The minimum Gasteiger partial charge on any atom is -0.325 e. The Morgan fingerprint density at radius 3 is 2.50 bits per heavy atom. The third-order valence-corrected chi connectivity index (χ3v) is 2.28. The molecule has 0 bridgehead atoms. The zero-order valence-corrected chi connectivity index (χ0v) is 9.01. The number of benzene rings is 1. The van der Waals surface area contributed by atoms with Gasteiger partial charge in [-0.25, -0.2) is 0 Å². The summed E-state index contributed by atoms with van der Waals surface area (Å²) in [7, 11) is 0. The number of nitrogens with two attached hydrogens (primary N) is 1. The van der Waals surface area contributed by atoms with Crippen LogP contribution in [0.3, 0.4) is 0 Å². The Hall–Kier alpha value is -1.93. The molecule has 0 saturated heterocycles. The molecule has 0 atom stereocenters. The number of pyridine rings is 1. The summed E-state index contributed by atoms with van der Waals surface area (Å²) >= 11 is 0. The standard InChI is InChI=1S/C14H14N2/c15-11-14-8-4-7-13(16-14)10-9-12-5-2-1-3-6-12/h1-10H,11,15H2/b10-9+. The van der Waals surface area contributed by atoms with Gasteiger partial charge in [-0.3, -0.25) is 4.98 Å². The van der Waals surface area contributed by atoms with Gasteiger partial charge in [0.05, 0.1) is 11.4 Å². The molecular formula is C14H14N2. The normalized spacial score (nSPS) is 10.8.